The average Bonchev–Trinajstić information content (AvgIpc) is 3.33. The minimum absolute atomic E-state index is 0.135. The van der Waals surface area contributed by atoms with Crippen LogP contribution < -0.4 is 10.0 Å². The molecule has 0 saturated heterocycles. The van der Waals surface area contributed by atoms with Gasteiger partial charge in [0.05, 0.1) is 22.0 Å². The number of nitrogens with one attached hydrogen (secondary N) is 2. The molecule has 0 atom stereocenters. The van der Waals surface area contributed by atoms with Gasteiger partial charge in [-0.05, 0) is 37.3 Å². The molecule has 0 fully saturated rings. The monoisotopic (exact) mass is 429 g/mol. The molecule has 0 aliphatic carbocycles. The molecule has 0 saturated carbocycles. The maximum absolute atomic E-state index is 14.7. The first kappa shape index (κ1) is 19.1. The summed E-state index contributed by atoms with van der Waals surface area (Å²) in [4.78, 5) is 3.68. The Hall–Kier alpha value is -3.24. The normalized spacial score (nSPS) is 11.4. The summed E-state index contributed by atoms with van der Waals surface area (Å²) in [6.45, 7) is 1.83. The molecule has 2 heterocycles. The summed E-state index contributed by atoms with van der Waals surface area (Å²) in [6.07, 6.45) is 1.48. The Labute approximate surface area is 170 Å². The fraction of sp³-hybridized carbons (Fsp3) is 0.0526. The molecule has 2 aromatic heterocycles. The molecular weight excluding hydrogens is 413 g/mol. The number of sulfonamides is 1. The Morgan fingerprint density at radius 1 is 1.10 bits per heavy atom. The Morgan fingerprint density at radius 2 is 1.90 bits per heavy atom. The molecule has 0 aliphatic heterocycles. The topological polar surface area (TPSA) is 88.9 Å². The zero-order valence-corrected chi connectivity index (χ0v) is 16.8. The Bertz CT molecular complexity index is 1240. The van der Waals surface area contributed by atoms with Gasteiger partial charge in [-0.3, -0.25) is 4.72 Å². The molecule has 7 nitrogen and oxygen atoms in total. The third kappa shape index (κ3) is 4.13. The lowest BCUT2D eigenvalue weighted by Gasteiger charge is -2.12. The third-order valence-electron chi connectivity index (χ3n) is 4.00. The zero-order valence-electron chi connectivity index (χ0n) is 15.2. The van der Waals surface area contributed by atoms with Crippen molar-refractivity contribution >= 4 is 38.0 Å². The molecule has 4 aromatic rings. The molecule has 2 aromatic carbocycles. The summed E-state index contributed by atoms with van der Waals surface area (Å²) < 4.78 is 43.5. The van der Waals surface area contributed by atoms with Crippen LogP contribution in [0.2, 0.25) is 0 Å². The van der Waals surface area contributed by atoms with Gasteiger partial charge < -0.3 is 5.32 Å². The number of hydrogen-bond acceptors (Lipinski definition) is 6. The molecule has 0 bridgehead atoms. The highest BCUT2D eigenvalue weighted by Crippen LogP contribution is 2.26. The smallest absolute Gasteiger partial charge is 0.263 e. The maximum Gasteiger partial charge on any atom is 0.263 e. The van der Waals surface area contributed by atoms with Crippen molar-refractivity contribution in [3.8, 4) is 5.69 Å². The molecule has 148 valence electrons. The van der Waals surface area contributed by atoms with Crippen molar-refractivity contribution in [3.05, 3.63) is 77.7 Å². The van der Waals surface area contributed by atoms with Crippen LogP contribution in [0, 0.1) is 12.7 Å². The number of aryl methyl sites for hydroxylation is 1. The van der Waals surface area contributed by atoms with Crippen LogP contribution in [0.4, 0.5) is 21.0 Å². The van der Waals surface area contributed by atoms with Crippen LogP contribution in [0.3, 0.4) is 0 Å². The van der Waals surface area contributed by atoms with Crippen LogP contribution in [0.15, 0.2) is 71.1 Å². The van der Waals surface area contributed by atoms with E-state index >= 15 is 0 Å². The third-order valence-corrected chi connectivity index (χ3v) is 6.15. The quantitative estimate of drug-likeness (QED) is 0.476. The molecule has 0 spiro atoms. The van der Waals surface area contributed by atoms with E-state index in [-0.39, 0.29) is 15.7 Å². The zero-order chi connectivity index (χ0) is 20.4. The first-order valence-corrected chi connectivity index (χ1v) is 10.9. The highest BCUT2D eigenvalue weighted by molar-refractivity contribution is 7.93. The Morgan fingerprint density at radius 3 is 2.59 bits per heavy atom. The first-order valence-electron chi connectivity index (χ1n) is 8.53. The largest absolute Gasteiger partial charge is 0.338 e. The van der Waals surface area contributed by atoms with Gasteiger partial charge in [0.2, 0.25) is 0 Å². The van der Waals surface area contributed by atoms with Crippen LogP contribution >= 0.6 is 11.3 Å². The van der Waals surface area contributed by atoms with Gasteiger partial charge in [0.1, 0.15) is 11.6 Å². The molecule has 0 radical (unpaired) electrons. The van der Waals surface area contributed by atoms with Gasteiger partial charge in [0, 0.05) is 17.6 Å². The number of anilines is 3. The van der Waals surface area contributed by atoms with E-state index in [1.807, 2.05) is 37.3 Å². The molecule has 29 heavy (non-hydrogen) atoms. The summed E-state index contributed by atoms with van der Waals surface area (Å²) in [6, 6.07) is 14.9. The number of para-hydroxylation sites is 1. The van der Waals surface area contributed by atoms with E-state index < -0.39 is 15.8 Å². The van der Waals surface area contributed by atoms with Crippen LogP contribution in [0.25, 0.3) is 5.69 Å². The predicted molar refractivity (Wildman–Crippen MR) is 111 cm³/mol. The highest BCUT2D eigenvalue weighted by Gasteiger charge is 2.18. The van der Waals surface area contributed by atoms with Crippen LogP contribution in [0.1, 0.15) is 5.69 Å². The molecule has 0 amide bonds. The summed E-state index contributed by atoms with van der Waals surface area (Å²) in [5.74, 6) is -0.144. The number of benzene rings is 2. The summed E-state index contributed by atoms with van der Waals surface area (Å²) in [7, 11) is -3.93. The second kappa shape index (κ2) is 7.64. The second-order valence-corrected chi connectivity index (χ2v) is 8.70. The molecular formula is C19H16FN5O2S2. The molecule has 0 unspecified atom stereocenters. The van der Waals surface area contributed by atoms with E-state index in [4.69, 9.17) is 0 Å². The van der Waals surface area contributed by atoms with Gasteiger partial charge in [-0.1, -0.05) is 18.2 Å². The standard InChI is InChI=1S/C19H16FN5O2S2/c1-13-11-18(25(23-13)14-5-3-2-4-6-14)22-17-8-7-15(12-16(17)20)29(26,27)24-19-21-9-10-28-19/h2-12,22H,1H3,(H,21,24). The second-order valence-electron chi connectivity index (χ2n) is 6.13. The lowest BCUT2D eigenvalue weighted by Crippen LogP contribution is -2.13. The van der Waals surface area contributed by atoms with Gasteiger partial charge in [-0.2, -0.15) is 5.10 Å². The fourth-order valence-electron chi connectivity index (χ4n) is 2.70. The van der Waals surface area contributed by atoms with Gasteiger partial charge in [-0.15, -0.1) is 11.3 Å². The van der Waals surface area contributed by atoms with Gasteiger partial charge in [0.15, 0.2) is 5.13 Å². The summed E-state index contributed by atoms with van der Waals surface area (Å²) in [5.41, 5.74) is 1.70. The lowest BCUT2D eigenvalue weighted by atomic mass is 10.3. The highest BCUT2D eigenvalue weighted by atomic mass is 32.2. The first-order chi connectivity index (χ1) is 13.9. The number of nitrogens with zero attached hydrogens (tertiary/aromatic N) is 3. The van der Waals surface area contributed by atoms with Crippen molar-refractivity contribution in [3.63, 3.8) is 0 Å². The number of aromatic nitrogens is 3. The summed E-state index contributed by atoms with van der Waals surface area (Å²) in [5, 5.41) is 9.27. The van der Waals surface area contributed by atoms with E-state index in [2.05, 4.69) is 20.1 Å². The summed E-state index contributed by atoms with van der Waals surface area (Å²) >= 11 is 1.14. The molecule has 4 rings (SSSR count). The van der Waals surface area contributed by atoms with E-state index in [1.165, 1.54) is 18.3 Å². The van der Waals surface area contributed by atoms with Crippen molar-refractivity contribution in [2.75, 3.05) is 10.0 Å². The Kier molecular flexibility index (Phi) is 5.03. The van der Waals surface area contributed by atoms with Crippen LogP contribution in [0.5, 0.6) is 0 Å². The molecule has 10 heteroatoms. The number of rotatable bonds is 6. The van der Waals surface area contributed by atoms with Crippen molar-refractivity contribution in [1.29, 1.82) is 0 Å². The molecule has 2 N–H and O–H groups in total. The SMILES string of the molecule is Cc1cc(Nc2ccc(S(=O)(=O)Nc3nccs3)cc2F)n(-c2ccccc2)n1. The van der Waals surface area contributed by atoms with Gasteiger partial charge in [0.25, 0.3) is 10.0 Å². The number of halogens is 1. The van der Waals surface area contributed by atoms with E-state index in [1.54, 1.807) is 16.1 Å². The molecule has 0 aliphatic rings. The minimum atomic E-state index is -3.93. The van der Waals surface area contributed by atoms with Crippen LogP contribution in [-0.4, -0.2) is 23.2 Å². The fourth-order valence-corrected chi connectivity index (χ4v) is 4.50. The number of thiazole rings is 1. The van der Waals surface area contributed by atoms with Gasteiger partial charge >= 0.3 is 0 Å². The predicted octanol–water partition coefficient (Wildman–Crippen LogP) is 4.32. The van der Waals surface area contributed by atoms with Crippen molar-refractivity contribution in [2.24, 2.45) is 0 Å². The minimum Gasteiger partial charge on any atom is -0.338 e. The van der Waals surface area contributed by atoms with E-state index in [0.29, 0.717) is 5.82 Å². The Balaban J connectivity index is 1.62. The van der Waals surface area contributed by atoms with Crippen molar-refractivity contribution in [2.45, 2.75) is 11.8 Å². The average molecular weight is 430 g/mol. The van der Waals surface area contributed by atoms with Crippen molar-refractivity contribution in [1.82, 2.24) is 14.8 Å². The van der Waals surface area contributed by atoms with Crippen LogP contribution in [-0.2, 0) is 10.0 Å². The lowest BCUT2D eigenvalue weighted by molar-refractivity contribution is 0.596. The van der Waals surface area contributed by atoms with E-state index in [0.717, 1.165) is 28.8 Å². The van der Waals surface area contributed by atoms with E-state index in [9.17, 15) is 12.8 Å². The van der Waals surface area contributed by atoms with Crippen molar-refractivity contribution < 1.29 is 12.8 Å². The number of hydrogen-bond donors (Lipinski definition) is 2. The maximum atomic E-state index is 14.7. The van der Waals surface area contributed by atoms with Gasteiger partial charge in [-0.25, -0.2) is 22.5 Å².